The van der Waals surface area contributed by atoms with E-state index in [9.17, 15) is 4.79 Å². The molecule has 0 saturated carbocycles. The first-order chi connectivity index (χ1) is 8.58. The minimum absolute atomic E-state index is 0.0653. The van der Waals surface area contributed by atoms with Crippen LogP contribution in [0.1, 0.15) is 38.0 Å². The Labute approximate surface area is 121 Å². The van der Waals surface area contributed by atoms with Crippen molar-refractivity contribution in [2.75, 3.05) is 6.54 Å². The van der Waals surface area contributed by atoms with Crippen molar-refractivity contribution in [1.29, 1.82) is 0 Å². The molecule has 0 bridgehead atoms. The molecular formula is C13H21BrN2OS. The third-order valence-corrected chi connectivity index (χ3v) is 4.46. The van der Waals surface area contributed by atoms with E-state index in [1.807, 2.05) is 24.0 Å². The monoisotopic (exact) mass is 332 g/mol. The minimum atomic E-state index is -0.353. The smallest absolute Gasteiger partial charge is 0.239 e. The van der Waals surface area contributed by atoms with Crippen molar-refractivity contribution in [3.8, 4) is 0 Å². The zero-order valence-electron chi connectivity index (χ0n) is 11.0. The summed E-state index contributed by atoms with van der Waals surface area (Å²) in [6.45, 7) is 5.46. The predicted octanol–water partition coefficient (Wildman–Crippen LogP) is 3.38. The SMILES string of the molecule is CCCC[C@H](N)C(=O)N(CC)Cc1ccc(Br)s1. The molecule has 5 heteroatoms. The third kappa shape index (κ3) is 4.71. The fourth-order valence-electron chi connectivity index (χ4n) is 1.75. The van der Waals surface area contributed by atoms with Gasteiger partial charge in [0.15, 0.2) is 0 Å². The van der Waals surface area contributed by atoms with E-state index in [0.717, 1.165) is 23.0 Å². The molecule has 0 aliphatic heterocycles. The molecule has 0 saturated heterocycles. The number of rotatable bonds is 7. The Balaban J connectivity index is 2.57. The predicted molar refractivity (Wildman–Crippen MR) is 80.6 cm³/mol. The number of unbranched alkanes of at least 4 members (excludes halogenated alkanes) is 1. The minimum Gasteiger partial charge on any atom is -0.336 e. The van der Waals surface area contributed by atoms with Crippen molar-refractivity contribution in [1.82, 2.24) is 4.90 Å². The Hall–Kier alpha value is -0.390. The molecule has 2 N–H and O–H groups in total. The first-order valence-corrected chi connectivity index (χ1v) is 7.98. The van der Waals surface area contributed by atoms with Gasteiger partial charge < -0.3 is 10.6 Å². The summed E-state index contributed by atoms with van der Waals surface area (Å²) in [7, 11) is 0. The molecule has 3 nitrogen and oxygen atoms in total. The van der Waals surface area contributed by atoms with Gasteiger partial charge in [-0.1, -0.05) is 19.8 Å². The van der Waals surface area contributed by atoms with Gasteiger partial charge in [0, 0.05) is 11.4 Å². The Bertz CT molecular complexity index is 381. The molecule has 18 heavy (non-hydrogen) atoms. The normalized spacial score (nSPS) is 12.4. The second-order valence-electron chi connectivity index (χ2n) is 4.31. The van der Waals surface area contributed by atoms with E-state index in [0.29, 0.717) is 13.1 Å². The van der Waals surface area contributed by atoms with Crippen LogP contribution in [0.25, 0.3) is 0 Å². The molecule has 0 radical (unpaired) electrons. The lowest BCUT2D eigenvalue weighted by Gasteiger charge is -2.23. The van der Waals surface area contributed by atoms with Crippen LogP contribution in [0.15, 0.2) is 15.9 Å². The van der Waals surface area contributed by atoms with Crippen LogP contribution in [0, 0.1) is 0 Å². The number of carbonyl (C=O) groups is 1. The van der Waals surface area contributed by atoms with Gasteiger partial charge in [0.05, 0.1) is 16.4 Å². The van der Waals surface area contributed by atoms with Crippen LogP contribution in [-0.4, -0.2) is 23.4 Å². The van der Waals surface area contributed by atoms with Crippen molar-refractivity contribution in [3.63, 3.8) is 0 Å². The van der Waals surface area contributed by atoms with Gasteiger partial charge in [-0.15, -0.1) is 11.3 Å². The van der Waals surface area contributed by atoms with Gasteiger partial charge in [-0.25, -0.2) is 0 Å². The van der Waals surface area contributed by atoms with E-state index in [1.54, 1.807) is 11.3 Å². The molecule has 1 amide bonds. The van der Waals surface area contributed by atoms with Crippen molar-refractivity contribution in [2.24, 2.45) is 5.73 Å². The summed E-state index contributed by atoms with van der Waals surface area (Å²) >= 11 is 5.09. The first kappa shape index (κ1) is 15.7. The second kappa shape index (κ2) is 7.92. The number of nitrogens with zero attached hydrogens (tertiary/aromatic N) is 1. The van der Waals surface area contributed by atoms with Crippen LogP contribution in [0.4, 0.5) is 0 Å². The van der Waals surface area contributed by atoms with Gasteiger partial charge in [0.1, 0.15) is 0 Å². The lowest BCUT2D eigenvalue weighted by atomic mass is 10.1. The molecule has 1 aromatic rings. The van der Waals surface area contributed by atoms with Crippen LogP contribution in [0.5, 0.6) is 0 Å². The molecular weight excluding hydrogens is 312 g/mol. The van der Waals surface area contributed by atoms with E-state index >= 15 is 0 Å². The molecule has 0 aromatic carbocycles. The molecule has 1 aromatic heterocycles. The van der Waals surface area contributed by atoms with Crippen molar-refractivity contribution < 1.29 is 4.79 Å². The van der Waals surface area contributed by atoms with Crippen LogP contribution in [-0.2, 0) is 11.3 Å². The molecule has 1 atom stereocenters. The maximum Gasteiger partial charge on any atom is 0.239 e. The van der Waals surface area contributed by atoms with Gasteiger partial charge in [-0.2, -0.15) is 0 Å². The maximum atomic E-state index is 12.2. The summed E-state index contributed by atoms with van der Waals surface area (Å²) in [4.78, 5) is 15.2. The Morgan fingerprint density at radius 3 is 2.72 bits per heavy atom. The standard InChI is InChI=1S/C13H21BrN2OS/c1-3-5-6-11(15)13(17)16(4-2)9-10-7-8-12(14)18-10/h7-8,11H,3-6,9,15H2,1-2H3/t11-/m0/s1. The van der Waals surface area contributed by atoms with Crippen LogP contribution in [0.2, 0.25) is 0 Å². The molecule has 102 valence electrons. The van der Waals surface area contributed by atoms with Gasteiger partial charge in [-0.3, -0.25) is 4.79 Å². The van der Waals surface area contributed by atoms with Gasteiger partial charge in [0.25, 0.3) is 0 Å². The summed E-state index contributed by atoms with van der Waals surface area (Å²) in [5, 5.41) is 0. The van der Waals surface area contributed by atoms with E-state index in [4.69, 9.17) is 5.73 Å². The van der Waals surface area contributed by atoms with E-state index in [2.05, 4.69) is 22.9 Å². The summed E-state index contributed by atoms with van der Waals surface area (Å²) in [6.07, 6.45) is 2.86. The number of hydrogen-bond donors (Lipinski definition) is 1. The molecule has 0 aliphatic carbocycles. The number of carbonyl (C=O) groups excluding carboxylic acids is 1. The average Bonchev–Trinajstić information content (AvgIpc) is 2.77. The third-order valence-electron chi connectivity index (χ3n) is 2.85. The zero-order valence-corrected chi connectivity index (χ0v) is 13.4. The first-order valence-electron chi connectivity index (χ1n) is 6.37. The Morgan fingerprint density at radius 2 is 2.22 bits per heavy atom. The topological polar surface area (TPSA) is 46.3 Å². The van der Waals surface area contributed by atoms with Gasteiger partial charge in [-0.05, 0) is 41.4 Å². The molecule has 0 unspecified atom stereocenters. The van der Waals surface area contributed by atoms with Gasteiger partial charge in [0.2, 0.25) is 5.91 Å². The maximum absolute atomic E-state index is 12.2. The molecule has 0 spiro atoms. The Morgan fingerprint density at radius 1 is 1.50 bits per heavy atom. The highest BCUT2D eigenvalue weighted by atomic mass is 79.9. The molecule has 0 aliphatic rings. The Kier molecular flexibility index (Phi) is 6.89. The lowest BCUT2D eigenvalue weighted by molar-refractivity contribution is -0.133. The number of thiophene rings is 1. The molecule has 1 heterocycles. The number of halogens is 1. The van der Waals surface area contributed by atoms with E-state index in [1.165, 1.54) is 4.88 Å². The number of nitrogens with two attached hydrogens (primary N) is 1. The molecule has 0 fully saturated rings. The summed E-state index contributed by atoms with van der Waals surface area (Å²) in [5.41, 5.74) is 5.94. The van der Waals surface area contributed by atoms with Gasteiger partial charge >= 0.3 is 0 Å². The van der Waals surface area contributed by atoms with Crippen LogP contribution >= 0.6 is 27.3 Å². The van der Waals surface area contributed by atoms with Crippen LogP contribution in [0.3, 0.4) is 0 Å². The number of hydrogen-bond acceptors (Lipinski definition) is 3. The fourth-order valence-corrected chi connectivity index (χ4v) is 3.25. The highest BCUT2D eigenvalue weighted by Crippen LogP contribution is 2.23. The fraction of sp³-hybridized carbons (Fsp3) is 0.615. The zero-order chi connectivity index (χ0) is 13.5. The van der Waals surface area contributed by atoms with E-state index < -0.39 is 0 Å². The summed E-state index contributed by atoms with van der Waals surface area (Å²) < 4.78 is 1.09. The highest BCUT2D eigenvalue weighted by Gasteiger charge is 2.19. The number of likely N-dealkylation sites (N-methyl/N-ethyl adjacent to an activating group) is 1. The van der Waals surface area contributed by atoms with E-state index in [-0.39, 0.29) is 11.9 Å². The second-order valence-corrected chi connectivity index (χ2v) is 6.85. The quantitative estimate of drug-likeness (QED) is 0.831. The molecule has 1 rings (SSSR count). The van der Waals surface area contributed by atoms with Crippen molar-refractivity contribution in [2.45, 2.75) is 45.7 Å². The van der Waals surface area contributed by atoms with Crippen molar-refractivity contribution >= 4 is 33.2 Å². The largest absolute Gasteiger partial charge is 0.336 e. The lowest BCUT2D eigenvalue weighted by Crippen LogP contribution is -2.43. The van der Waals surface area contributed by atoms with Crippen molar-refractivity contribution in [3.05, 3.63) is 20.8 Å². The average molecular weight is 333 g/mol. The highest BCUT2D eigenvalue weighted by molar-refractivity contribution is 9.11. The summed E-state index contributed by atoms with van der Waals surface area (Å²) in [5.74, 6) is 0.0653. The van der Waals surface area contributed by atoms with Crippen LogP contribution < -0.4 is 5.73 Å². The number of amides is 1. The summed E-state index contributed by atoms with van der Waals surface area (Å²) in [6, 6.07) is 3.70.